The van der Waals surface area contributed by atoms with Crippen LogP contribution in [0.4, 0.5) is 0 Å². The highest BCUT2D eigenvalue weighted by molar-refractivity contribution is 6.31. The summed E-state index contributed by atoms with van der Waals surface area (Å²) in [6.07, 6.45) is 0. The third kappa shape index (κ3) is 2.95. The van der Waals surface area contributed by atoms with Crippen LogP contribution in [0.2, 0.25) is 5.02 Å². The van der Waals surface area contributed by atoms with Gasteiger partial charge in [0.05, 0.1) is 0 Å². The van der Waals surface area contributed by atoms with Crippen LogP contribution >= 0.6 is 11.6 Å². The molecule has 1 aromatic carbocycles. The number of hydrogen-bond donors (Lipinski definition) is 2. The predicted octanol–water partition coefficient (Wildman–Crippen LogP) is 1.12. The molecular weight excluding hydrogens is 250 g/mol. The quantitative estimate of drug-likeness (QED) is 0.864. The van der Waals surface area contributed by atoms with Crippen LogP contribution in [0.5, 0.6) is 5.75 Å². The fraction of sp³-hybridized carbons (Fsp3) is 0.538. The Balaban J connectivity index is 2.12. The Morgan fingerprint density at radius 2 is 2.22 bits per heavy atom. The Hall–Kier alpha value is -0.810. The van der Waals surface area contributed by atoms with Crippen LogP contribution in [0.25, 0.3) is 0 Å². The number of nitrogens with two attached hydrogens (primary N) is 1. The maximum Gasteiger partial charge on any atom is 0.121 e. The summed E-state index contributed by atoms with van der Waals surface area (Å²) in [5.41, 5.74) is 6.62. The lowest BCUT2D eigenvalue weighted by molar-refractivity contribution is 0.0874. The molecule has 18 heavy (non-hydrogen) atoms. The van der Waals surface area contributed by atoms with Gasteiger partial charge in [-0.1, -0.05) is 17.7 Å². The molecule has 100 valence electrons. The van der Waals surface area contributed by atoms with Crippen LogP contribution in [0, 0.1) is 0 Å². The Morgan fingerprint density at radius 3 is 2.89 bits per heavy atom. The number of benzene rings is 1. The minimum atomic E-state index is 0.261. The average molecular weight is 270 g/mol. The summed E-state index contributed by atoms with van der Waals surface area (Å²) in [6.45, 7) is 4.20. The second-order valence-electron chi connectivity index (χ2n) is 4.86. The average Bonchev–Trinajstić information content (AvgIpc) is 2.35. The van der Waals surface area contributed by atoms with Gasteiger partial charge < -0.3 is 15.7 Å². The smallest absolute Gasteiger partial charge is 0.121 e. The standard InChI is InChI=1S/C13H20ClN3O/c1-16-5-6-17(10(7-15)8-16)9-11-12(14)3-2-4-13(11)18/h2-4,10,18H,5-9,15H2,1H3. The van der Waals surface area contributed by atoms with Gasteiger partial charge in [-0.15, -0.1) is 0 Å². The first-order chi connectivity index (χ1) is 8.61. The van der Waals surface area contributed by atoms with Crippen molar-refractivity contribution in [3.63, 3.8) is 0 Å². The van der Waals surface area contributed by atoms with Gasteiger partial charge in [0, 0.05) is 49.4 Å². The van der Waals surface area contributed by atoms with Gasteiger partial charge in [-0.25, -0.2) is 0 Å². The topological polar surface area (TPSA) is 52.7 Å². The summed E-state index contributed by atoms with van der Waals surface area (Å²) in [6, 6.07) is 5.56. The van der Waals surface area contributed by atoms with Crippen LogP contribution in [0.15, 0.2) is 18.2 Å². The molecule has 3 N–H and O–H groups in total. The normalized spacial score (nSPS) is 22.3. The molecule has 0 radical (unpaired) electrons. The Morgan fingerprint density at radius 1 is 1.44 bits per heavy atom. The molecule has 0 amide bonds. The first kappa shape index (κ1) is 13.6. The van der Waals surface area contributed by atoms with E-state index < -0.39 is 0 Å². The highest BCUT2D eigenvalue weighted by atomic mass is 35.5. The van der Waals surface area contributed by atoms with Gasteiger partial charge in [0.15, 0.2) is 0 Å². The zero-order chi connectivity index (χ0) is 13.1. The highest BCUT2D eigenvalue weighted by Gasteiger charge is 2.25. The minimum absolute atomic E-state index is 0.261. The van der Waals surface area contributed by atoms with E-state index in [4.69, 9.17) is 17.3 Å². The summed E-state index contributed by atoms with van der Waals surface area (Å²) < 4.78 is 0. The van der Waals surface area contributed by atoms with Crippen molar-refractivity contribution in [1.82, 2.24) is 9.80 Å². The summed E-state index contributed by atoms with van der Waals surface area (Å²) in [4.78, 5) is 4.57. The Bertz CT molecular complexity index is 393. The van der Waals surface area contributed by atoms with Crippen LogP contribution in [-0.4, -0.2) is 54.2 Å². The minimum Gasteiger partial charge on any atom is -0.508 e. The number of nitrogens with zero attached hydrogens (tertiary/aromatic N) is 2. The summed E-state index contributed by atoms with van der Waals surface area (Å²) >= 11 is 6.14. The van der Waals surface area contributed by atoms with Gasteiger partial charge in [-0.2, -0.15) is 0 Å². The van der Waals surface area contributed by atoms with Crippen molar-refractivity contribution in [1.29, 1.82) is 0 Å². The molecule has 1 saturated heterocycles. The number of hydrogen-bond acceptors (Lipinski definition) is 4. The molecule has 1 aliphatic heterocycles. The number of aromatic hydroxyl groups is 1. The lowest BCUT2D eigenvalue weighted by Crippen LogP contribution is -2.54. The van der Waals surface area contributed by atoms with Crippen molar-refractivity contribution in [3.05, 3.63) is 28.8 Å². The van der Waals surface area contributed by atoms with E-state index in [2.05, 4.69) is 16.8 Å². The first-order valence-electron chi connectivity index (χ1n) is 6.21. The molecule has 0 aliphatic carbocycles. The van der Waals surface area contributed by atoms with Gasteiger partial charge in [0.2, 0.25) is 0 Å². The van der Waals surface area contributed by atoms with Crippen molar-refractivity contribution in [2.45, 2.75) is 12.6 Å². The van der Waals surface area contributed by atoms with Crippen LogP contribution in [0.1, 0.15) is 5.56 Å². The molecule has 1 atom stereocenters. The third-order valence-electron chi connectivity index (χ3n) is 3.54. The van der Waals surface area contributed by atoms with Crippen molar-refractivity contribution in [2.75, 3.05) is 33.2 Å². The van der Waals surface area contributed by atoms with Gasteiger partial charge in [-0.05, 0) is 19.2 Å². The lowest BCUT2D eigenvalue weighted by Gasteiger charge is -2.39. The fourth-order valence-electron chi connectivity index (χ4n) is 2.39. The number of phenolic OH excluding ortho intramolecular Hbond substituents is 1. The van der Waals surface area contributed by atoms with Gasteiger partial charge in [0.25, 0.3) is 0 Å². The zero-order valence-electron chi connectivity index (χ0n) is 10.6. The molecule has 0 saturated carbocycles. The molecule has 5 heteroatoms. The molecule has 2 rings (SSSR count). The largest absolute Gasteiger partial charge is 0.508 e. The van der Waals surface area contributed by atoms with Crippen LogP contribution in [-0.2, 0) is 6.54 Å². The maximum absolute atomic E-state index is 9.88. The number of phenols is 1. The number of piperazine rings is 1. The molecule has 0 bridgehead atoms. The number of halogens is 1. The second kappa shape index (κ2) is 5.89. The highest BCUT2D eigenvalue weighted by Crippen LogP contribution is 2.27. The monoisotopic (exact) mass is 269 g/mol. The van der Waals surface area contributed by atoms with E-state index in [9.17, 15) is 5.11 Å². The maximum atomic E-state index is 9.88. The van der Waals surface area contributed by atoms with Crippen molar-refractivity contribution >= 4 is 11.6 Å². The second-order valence-corrected chi connectivity index (χ2v) is 5.27. The number of likely N-dealkylation sites (N-methyl/N-ethyl adjacent to an activating group) is 1. The SMILES string of the molecule is CN1CCN(Cc2c(O)cccc2Cl)C(CN)C1. The summed E-state index contributed by atoms with van der Waals surface area (Å²) in [5, 5.41) is 10.5. The van der Waals surface area contributed by atoms with E-state index in [0.717, 1.165) is 25.2 Å². The van der Waals surface area contributed by atoms with Crippen LogP contribution < -0.4 is 5.73 Å². The lowest BCUT2D eigenvalue weighted by atomic mass is 10.1. The van der Waals surface area contributed by atoms with Crippen LogP contribution in [0.3, 0.4) is 0 Å². The molecular formula is C13H20ClN3O. The fourth-order valence-corrected chi connectivity index (χ4v) is 2.62. The molecule has 1 heterocycles. The van der Waals surface area contributed by atoms with Crippen molar-refractivity contribution < 1.29 is 5.11 Å². The Labute approximate surface area is 113 Å². The van der Waals surface area contributed by atoms with Gasteiger partial charge in [0.1, 0.15) is 5.75 Å². The first-order valence-corrected chi connectivity index (χ1v) is 6.58. The molecule has 1 aromatic rings. The van der Waals surface area contributed by atoms with E-state index >= 15 is 0 Å². The van der Waals surface area contributed by atoms with E-state index in [1.54, 1.807) is 12.1 Å². The molecule has 0 spiro atoms. The molecule has 1 fully saturated rings. The predicted molar refractivity (Wildman–Crippen MR) is 73.9 cm³/mol. The zero-order valence-corrected chi connectivity index (χ0v) is 11.4. The molecule has 1 aliphatic rings. The molecule has 0 aromatic heterocycles. The third-order valence-corrected chi connectivity index (χ3v) is 3.89. The van der Waals surface area contributed by atoms with Crippen molar-refractivity contribution in [2.24, 2.45) is 5.73 Å². The Kier molecular flexibility index (Phi) is 4.45. The van der Waals surface area contributed by atoms with E-state index in [1.165, 1.54) is 0 Å². The summed E-state index contributed by atoms with van der Waals surface area (Å²) in [7, 11) is 2.10. The van der Waals surface area contributed by atoms with E-state index in [-0.39, 0.29) is 5.75 Å². The van der Waals surface area contributed by atoms with Gasteiger partial charge >= 0.3 is 0 Å². The van der Waals surface area contributed by atoms with Gasteiger partial charge in [-0.3, -0.25) is 4.90 Å². The number of rotatable bonds is 3. The van der Waals surface area contributed by atoms with Crippen molar-refractivity contribution in [3.8, 4) is 5.75 Å². The summed E-state index contributed by atoms with van der Waals surface area (Å²) in [5.74, 6) is 0.261. The van der Waals surface area contributed by atoms with E-state index in [1.807, 2.05) is 6.07 Å². The van der Waals surface area contributed by atoms with E-state index in [0.29, 0.717) is 24.2 Å². The molecule has 1 unspecified atom stereocenters. The molecule has 4 nitrogen and oxygen atoms in total.